The Morgan fingerprint density at radius 3 is 2.00 bits per heavy atom. The molecule has 3 N–H and O–H groups in total. The Bertz CT molecular complexity index is 246. The zero-order valence-electron chi connectivity index (χ0n) is 14.5. The van der Waals surface area contributed by atoms with Crippen LogP contribution >= 0.6 is 0 Å². The van der Waals surface area contributed by atoms with Crippen molar-refractivity contribution in [3.63, 3.8) is 0 Å². The molecule has 0 aromatic heterocycles. The summed E-state index contributed by atoms with van der Waals surface area (Å²) in [6.07, 6.45) is 2.04. The second kappa shape index (κ2) is 7.61. The van der Waals surface area contributed by atoms with E-state index in [9.17, 15) is 0 Å². The quantitative estimate of drug-likeness (QED) is 0.677. The summed E-state index contributed by atoms with van der Waals surface area (Å²) >= 11 is 0. The Kier molecular flexibility index (Phi) is 7.56. The molecule has 0 aliphatic carbocycles. The van der Waals surface area contributed by atoms with E-state index in [1.54, 1.807) is 0 Å². The van der Waals surface area contributed by atoms with E-state index in [4.69, 9.17) is 5.73 Å². The van der Waals surface area contributed by atoms with Crippen molar-refractivity contribution in [3.8, 4) is 0 Å². The Balaban J connectivity index is 4.94. The van der Waals surface area contributed by atoms with E-state index in [1.807, 2.05) is 0 Å². The number of nitrogens with one attached hydrogen (secondary N) is 1. The Labute approximate surface area is 121 Å². The molecule has 0 radical (unpaired) electrons. The highest BCUT2D eigenvalue weighted by atomic mass is 15.2. The van der Waals surface area contributed by atoms with E-state index in [-0.39, 0.29) is 11.1 Å². The van der Waals surface area contributed by atoms with Gasteiger partial charge >= 0.3 is 0 Å². The van der Waals surface area contributed by atoms with E-state index >= 15 is 0 Å². The largest absolute Gasteiger partial charge is 0.325 e. The summed E-state index contributed by atoms with van der Waals surface area (Å²) in [6, 6.07) is 1.04. The molecular weight excluding hydrogens is 234 g/mol. The molecule has 19 heavy (non-hydrogen) atoms. The fraction of sp³-hybridized carbons (Fsp3) is 1.00. The molecule has 0 aliphatic heterocycles. The van der Waals surface area contributed by atoms with Crippen LogP contribution in [0.1, 0.15) is 68.2 Å². The van der Waals surface area contributed by atoms with Gasteiger partial charge in [0.2, 0.25) is 0 Å². The normalized spacial score (nSPS) is 17.8. The van der Waals surface area contributed by atoms with Crippen molar-refractivity contribution in [3.05, 3.63) is 0 Å². The number of rotatable bonds is 9. The highest BCUT2D eigenvalue weighted by Gasteiger charge is 2.36. The lowest BCUT2D eigenvalue weighted by Gasteiger charge is -2.48. The average Bonchev–Trinajstić information content (AvgIpc) is 2.23. The molecule has 0 fully saturated rings. The van der Waals surface area contributed by atoms with Crippen LogP contribution in [0.5, 0.6) is 0 Å². The summed E-state index contributed by atoms with van der Waals surface area (Å²) in [6.45, 7) is 20.1. The zero-order valence-corrected chi connectivity index (χ0v) is 14.5. The van der Waals surface area contributed by atoms with Gasteiger partial charge in [-0.1, -0.05) is 13.8 Å². The minimum atomic E-state index is -0.0887. The molecular formula is C16H37N3. The maximum Gasteiger partial charge on any atom is 0.0200 e. The van der Waals surface area contributed by atoms with Crippen molar-refractivity contribution in [1.29, 1.82) is 0 Å². The third kappa shape index (κ3) is 6.24. The molecule has 3 nitrogen and oxygen atoms in total. The number of hydrogen-bond acceptors (Lipinski definition) is 3. The van der Waals surface area contributed by atoms with Crippen molar-refractivity contribution in [2.24, 2.45) is 5.73 Å². The van der Waals surface area contributed by atoms with E-state index < -0.39 is 0 Å². The highest BCUT2D eigenvalue weighted by Crippen LogP contribution is 2.30. The van der Waals surface area contributed by atoms with Crippen LogP contribution < -0.4 is 11.1 Å². The first kappa shape index (κ1) is 18.9. The van der Waals surface area contributed by atoms with Gasteiger partial charge in [0.25, 0.3) is 0 Å². The molecule has 2 unspecified atom stereocenters. The van der Waals surface area contributed by atoms with Crippen LogP contribution in [-0.2, 0) is 0 Å². The van der Waals surface area contributed by atoms with Gasteiger partial charge in [0.1, 0.15) is 0 Å². The summed E-state index contributed by atoms with van der Waals surface area (Å²) in [4.78, 5) is 2.61. The predicted octanol–water partition coefficient (Wildman–Crippen LogP) is 2.99. The van der Waals surface area contributed by atoms with Crippen LogP contribution in [0.3, 0.4) is 0 Å². The molecule has 0 aromatic rings. The van der Waals surface area contributed by atoms with Crippen LogP contribution in [0, 0.1) is 0 Å². The van der Waals surface area contributed by atoms with Crippen molar-refractivity contribution in [1.82, 2.24) is 10.2 Å². The lowest BCUT2D eigenvalue weighted by molar-refractivity contribution is 0.0231. The van der Waals surface area contributed by atoms with Crippen molar-refractivity contribution in [2.45, 2.75) is 91.4 Å². The van der Waals surface area contributed by atoms with Gasteiger partial charge in [-0.25, -0.2) is 0 Å². The maximum absolute atomic E-state index is 6.40. The monoisotopic (exact) mass is 271 g/mol. The summed E-state index contributed by atoms with van der Waals surface area (Å²) in [7, 11) is 0. The molecule has 0 saturated carbocycles. The molecule has 0 aromatic carbocycles. The zero-order chi connectivity index (χ0) is 15.3. The highest BCUT2D eigenvalue weighted by molar-refractivity contribution is 4.95. The third-order valence-corrected chi connectivity index (χ3v) is 4.06. The first-order valence-electron chi connectivity index (χ1n) is 7.85. The van der Waals surface area contributed by atoms with Gasteiger partial charge in [0, 0.05) is 29.7 Å². The van der Waals surface area contributed by atoms with Crippen LogP contribution in [0.15, 0.2) is 0 Å². The maximum atomic E-state index is 6.40. The van der Waals surface area contributed by atoms with Crippen LogP contribution in [0.4, 0.5) is 0 Å². The molecule has 116 valence electrons. The standard InChI is InChI=1S/C16H37N3/c1-9-16(8,17)12-15(6,7)19(13(3)4)14(5)11-18-10-2/h13-14,18H,9-12,17H2,1-8H3. The van der Waals surface area contributed by atoms with Gasteiger partial charge in [0.05, 0.1) is 0 Å². The van der Waals surface area contributed by atoms with Gasteiger partial charge in [-0.15, -0.1) is 0 Å². The Hall–Kier alpha value is -0.120. The van der Waals surface area contributed by atoms with Crippen molar-refractivity contribution < 1.29 is 0 Å². The molecule has 3 heteroatoms. The second-order valence-electron chi connectivity index (χ2n) is 7.15. The van der Waals surface area contributed by atoms with Crippen molar-refractivity contribution in [2.75, 3.05) is 13.1 Å². The average molecular weight is 271 g/mol. The summed E-state index contributed by atoms with van der Waals surface area (Å²) in [5.41, 5.74) is 6.42. The van der Waals surface area contributed by atoms with Gasteiger partial charge < -0.3 is 11.1 Å². The smallest absolute Gasteiger partial charge is 0.0200 e. The molecule has 0 rings (SSSR count). The molecule has 0 heterocycles. The van der Waals surface area contributed by atoms with Gasteiger partial charge in [-0.2, -0.15) is 0 Å². The number of likely N-dealkylation sites (N-methyl/N-ethyl adjacent to an activating group) is 1. The summed E-state index contributed by atoms with van der Waals surface area (Å²) in [5, 5.41) is 3.46. The SMILES string of the molecule is CCNCC(C)N(C(C)C)C(C)(C)CC(C)(N)CC. The molecule has 0 amide bonds. The minimum Gasteiger partial charge on any atom is -0.325 e. The van der Waals surface area contributed by atoms with E-state index in [2.05, 4.69) is 65.6 Å². The van der Waals surface area contributed by atoms with Gasteiger partial charge in [0.15, 0.2) is 0 Å². The first-order valence-corrected chi connectivity index (χ1v) is 7.85. The molecule has 0 aliphatic rings. The van der Waals surface area contributed by atoms with E-state index in [0.717, 1.165) is 25.9 Å². The lowest BCUT2D eigenvalue weighted by atomic mass is 9.82. The fourth-order valence-electron chi connectivity index (χ4n) is 3.46. The Morgan fingerprint density at radius 2 is 1.63 bits per heavy atom. The third-order valence-electron chi connectivity index (χ3n) is 4.06. The van der Waals surface area contributed by atoms with Crippen LogP contribution in [0.2, 0.25) is 0 Å². The van der Waals surface area contributed by atoms with E-state index in [0.29, 0.717) is 12.1 Å². The minimum absolute atomic E-state index is 0.0887. The number of hydrogen-bond donors (Lipinski definition) is 2. The first-order chi connectivity index (χ1) is 8.57. The second-order valence-corrected chi connectivity index (χ2v) is 7.15. The van der Waals surface area contributed by atoms with Crippen molar-refractivity contribution >= 4 is 0 Å². The summed E-state index contributed by atoms with van der Waals surface area (Å²) < 4.78 is 0. The Morgan fingerprint density at radius 1 is 1.11 bits per heavy atom. The van der Waals surface area contributed by atoms with Gasteiger partial charge in [-0.3, -0.25) is 4.90 Å². The predicted molar refractivity (Wildman–Crippen MR) is 86.6 cm³/mol. The number of nitrogens with two attached hydrogens (primary N) is 1. The molecule has 0 spiro atoms. The van der Waals surface area contributed by atoms with Gasteiger partial charge in [-0.05, 0) is 60.9 Å². The molecule has 2 atom stereocenters. The van der Waals surface area contributed by atoms with Crippen LogP contribution in [0.25, 0.3) is 0 Å². The molecule has 0 bridgehead atoms. The summed E-state index contributed by atoms with van der Waals surface area (Å²) in [5.74, 6) is 0. The lowest BCUT2D eigenvalue weighted by Crippen LogP contribution is -2.58. The molecule has 0 saturated heterocycles. The van der Waals surface area contributed by atoms with Crippen LogP contribution in [-0.4, -0.2) is 41.2 Å². The topological polar surface area (TPSA) is 41.3 Å². The number of nitrogens with zero attached hydrogens (tertiary/aromatic N) is 1. The fourth-order valence-corrected chi connectivity index (χ4v) is 3.46. The van der Waals surface area contributed by atoms with E-state index in [1.165, 1.54) is 0 Å².